The molecule has 3 aromatic rings. The first kappa shape index (κ1) is 22.3. The van der Waals surface area contributed by atoms with Gasteiger partial charge in [0.1, 0.15) is 12.4 Å². The summed E-state index contributed by atoms with van der Waals surface area (Å²) < 4.78 is 21.0. The van der Waals surface area contributed by atoms with Gasteiger partial charge >= 0.3 is 0 Å². The first-order chi connectivity index (χ1) is 15.5. The molecule has 0 saturated carbocycles. The molecule has 0 bridgehead atoms. The smallest absolute Gasteiger partial charge is 0.240 e. The van der Waals surface area contributed by atoms with Crippen molar-refractivity contribution in [3.8, 4) is 11.4 Å². The molecule has 0 spiro atoms. The quantitative estimate of drug-likeness (QED) is 0.535. The monoisotopic (exact) mass is 455 g/mol. The third-order valence-electron chi connectivity index (χ3n) is 5.60. The maximum Gasteiger partial charge on any atom is 0.240 e. The van der Waals surface area contributed by atoms with Crippen molar-refractivity contribution in [1.29, 1.82) is 0 Å². The number of nitrogens with zero attached hydrogens (tertiary/aromatic N) is 3. The van der Waals surface area contributed by atoms with Gasteiger partial charge < -0.3 is 10.1 Å². The molecule has 2 heterocycles. The Morgan fingerprint density at radius 1 is 1.19 bits per heavy atom. The summed E-state index contributed by atoms with van der Waals surface area (Å²) in [5, 5.41) is 10.1. The predicted molar refractivity (Wildman–Crippen MR) is 122 cm³/mol. The van der Waals surface area contributed by atoms with Crippen LogP contribution in [0.3, 0.4) is 0 Å². The van der Waals surface area contributed by atoms with Gasteiger partial charge in [-0.3, -0.25) is 19.4 Å². The Hall–Kier alpha value is -2.88. The van der Waals surface area contributed by atoms with Crippen molar-refractivity contribution in [2.24, 2.45) is 0 Å². The van der Waals surface area contributed by atoms with Crippen LogP contribution in [0, 0.1) is 17.5 Å². The number of benzene rings is 2. The molecule has 1 saturated heterocycles. The maximum absolute atomic E-state index is 13.4. The van der Waals surface area contributed by atoms with Gasteiger partial charge in [0.15, 0.2) is 10.6 Å². The van der Waals surface area contributed by atoms with Crippen LogP contribution in [0.2, 0.25) is 0 Å². The van der Waals surface area contributed by atoms with Gasteiger partial charge in [0.2, 0.25) is 5.91 Å². The highest BCUT2D eigenvalue weighted by Crippen LogP contribution is 2.22. The Kier molecular flexibility index (Phi) is 7.09. The second kappa shape index (κ2) is 10.2. The number of morpholine rings is 1. The predicted octanol–water partition coefficient (Wildman–Crippen LogP) is 3.24. The van der Waals surface area contributed by atoms with Gasteiger partial charge in [-0.1, -0.05) is 42.0 Å². The van der Waals surface area contributed by atoms with Crippen LogP contribution in [-0.2, 0) is 16.1 Å². The van der Waals surface area contributed by atoms with E-state index < -0.39 is 0 Å². The van der Waals surface area contributed by atoms with E-state index in [2.05, 4.69) is 20.4 Å². The minimum atomic E-state index is -0.281. The molecule has 2 aromatic carbocycles. The van der Waals surface area contributed by atoms with E-state index in [-0.39, 0.29) is 24.3 Å². The second-order valence-corrected chi connectivity index (χ2v) is 8.21. The topological polar surface area (TPSA) is 75.2 Å². The molecule has 32 heavy (non-hydrogen) atoms. The molecular formula is C23H26FN5O2S. The molecule has 9 heteroatoms. The van der Waals surface area contributed by atoms with Crippen LogP contribution in [0.25, 0.3) is 11.4 Å². The number of H-pyrrole nitrogens is 1. The zero-order valence-electron chi connectivity index (χ0n) is 17.9. The van der Waals surface area contributed by atoms with E-state index in [0.29, 0.717) is 30.4 Å². The fraction of sp³-hybridized carbons (Fsp3) is 0.348. The fourth-order valence-electron chi connectivity index (χ4n) is 3.83. The van der Waals surface area contributed by atoms with E-state index >= 15 is 0 Å². The van der Waals surface area contributed by atoms with E-state index in [9.17, 15) is 9.18 Å². The van der Waals surface area contributed by atoms with Crippen molar-refractivity contribution in [3.63, 3.8) is 0 Å². The summed E-state index contributed by atoms with van der Waals surface area (Å²) >= 11 is 5.35. The highest BCUT2D eigenvalue weighted by molar-refractivity contribution is 7.71. The lowest BCUT2D eigenvalue weighted by Gasteiger charge is -2.35. The molecule has 1 aliphatic rings. The van der Waals surface area contributed by atoms with Crippen LogP contribution in [0.15, 0.2) is 48.5 Å². The van der Waals surface area contributed by atoms with Gasteiger partial charge in [-0.15, -0.1) is 0 Å². The van der Waals surface area contributed by atoms with Crippen LogP contribution in [0.5, 0.6) is 0 Å². The van der Waals surface area contributed by atoms with Crippen LogP contribution < -0.4 is 5.32 Å². The van der Waals surface area contributed by atoms with Crippen molar-refractivity contribution in [3.05, 3.63) is 70.2 Å². The number of carbonyl (C=O) groups is 1. The van der Waals surface area contributed by atoms with Gasteiger partial charge in [-0.25, -0.2) is 4.39 Å². The number of hydrogen-bond donors (Lipinski definition) is 2. The highest BCUT2D eigenvalue weighted by atomic mass is 32.1. The molecule has 1 fully saturated rings. The van der Waals surface area contributed by atoms with E-state index in [4.69, 9.17) is 17.0 Å². The fourth-order valence-corrected chi connectivity index (χ4v) is 4.03. The van der Waals surface area contributed by atoms with Crippen LogP contribution in [0.1, 0.15) is 17.2 Å². The number of halogens is 1. The van der Waals surface area contributed by atoms with Crippen molar-refractivity contribution in [1.82, 2.24) is 25.0 Å². The molecule has 168 valence electrons. The Bertz CT molecular complexity index is 1100. The first-order valence-corrected chi connectivity index (χ1v) is 11.0. The van der Waals surface area contributed by atoms with Crippen LogP contribution >= 0.6 is 12.2 Å². The average molecular weight is 456 g/mol. The zero-order chi connectivity index (χ0) is 22.5. The number of amides is 1. The summed E-state index contributed by atoms with van der Waals surface area (Å²) in [6, 6.07) is 14.3. The van der Waals surface area contributed by atoms with Gasteiger partial charge in [0, 0.05) is 25.2 Å². The van der Waals surface area contributed by atoms with Crippen LogP contribution in [0.4, 0.5) is 4.39 Å². The zero-order valence-corrected chi connectivity index (χ0v) is 18.7. The average Bonchev–Trinajstić information content (AvgIpc) is 3.16. The largest absolute Gasteiger partial charge is 0.379 e. The Morgan fingerprint density at radius 2 is 1.88 bits per heavy atom. The molecule has 1 aliphatic heterocycles. The standard InChI is InChI=1S/C23H26FN5O2S/c1-16-2-4-18(5-3-16)22-26-27-23(32)29(22)15-21(30)25-14-20(28-10-12-31-13-11-28)17-6-8-19(24)9-7-17/h2-9,20H,10-15H2,1H3,(H,25,30)(H,27,32). The molecule has 1 amide bonds. The Morgan fingerprint density at radius 3 is 2.56 bits per heavy atom. The van der Waals surface area contributed by atoms with E-state index in [1.807, 2.05) is 31.2 Å². The van der Waals surface area contributed by atoms with Crippen molar-refractivity contribution in [2.45, 2.75) is 19.5 Å². The molecule has 7 nitrogen and oxygen atoms in total. The SMILES string of the molecule is Cc1ccc(-c2n[nH]c(=S)n2CC(=O)NCC(c2ccc(F)cc2)N2CCOCC2)cc1. The Labute approximate surface area is 191 Å². The molecule has 0 aliphatic carbocycles. The molecule has 1 aromatic heterocycles. The number of nitrogens with one attached hydrogen (secondary N) is 2. The third kappa shape index (κ3) is 5.29. The van der Waals surface area contributed by atoms with E-state index in [0.717, 1.165) is 29.8 Å². The van der Waals surface area contributed by atoms with E-state index in [1.54, 1.807) is 16.7 Å². The van der Waals surface area contributed by atoms with Gasteiger partial charge in [0.05, 0.1) is 19.3 Å². The maximum atomic E-state index is 13.4. The third-order valence-corrected chi connectivity index (χ3v) is 5.92. The molecule has 2 N–H and O–H groups in total. The van der Waals surface area contributed by atoms with Crippen molar-refractivity contribution < 1.29 is 13.9 Å². The second-order valence-electron chi connectivity index (χ2n) is 7.82. The summed E-state index contributed by atoms with van der Waals surface area (Å²) in [7, 11) is 0. The summed E-state index contributed by atoms with van der Waals surface area (Å²) in [5.41, 5.74) is 2.98. The Balaban J connectivity index is 1.47. The summed E-state index contributed by atoms with van der Waals surface area (Å²) in [4.78, 5) is 15.1. The minimum Gasteiger partial charge on any atom is -0.379 e. The number of hydrogen-bond acceptors (Lipinski definition) is 5. The van der Waals surface area contributed by atoms with Crippen LogP contribution in [-0.4, -0.2) is 58.4 Å². The summed E-state index contributed by atoms with van der Waals surface area (Å²) in [6.45, 7) is 5.24. The molecule has 1 atom stereocenters. The highest BCUT2D eigenvalue weighted by Gasteiger charge is 2.23. The number of aromatic nitrogens is 3. The number of ether oxygens (including phenoxy) is 1. The van der Waals surface area contributed by atoms with Crippen molar-refractivity contribution in [2.75, 3.05) is 32.8 Å². The number of aromatic amines is 1. The number of rotatable bonds is 7. The lowest BCUT2D eigenvalue weighted by atomic mass is 10.0. The lowest BCUT2D eigenvalue weighted by molar-refractivity contribution is -0.122. The van der Waals surface area contributed by atoms with Gasteiger partial charge in [-0.05, 0) is 36.8 Å². The lowest BCUT2D eigenvalue weighted by Crippen LogP contribution is -2.44. The minimum absolute atomic E-state index is 0.0534. The molecular weight excluding hydrogens is 429 g/mol. The molecule has 1 unspecified atom stereocenters. The normalized spacial score (nSPS) is 15.4. The number of aryl methyl sites for hydroxylation is 1. The number of carbonyl (C=O) groups excluding carboxylic acids is 1. The molecule has 4 rings (SSSR count). The summed E-state index contributed by atoms with van der Waals surface area (Å²) in [5.74, 6) is 0.168. The van der Waals surface area contributed by atoms with E-state index in [1.165, 1.54) is 12.1 Å². The summed E-state index contributed by atoms with van der Waals surface area (Å²) in [6.07, 6.45) is 0. The van der Waals surface area contributed by atoms with Gasteiger partial charge in [-0.2, -0.15) is 5.10 Å². The van der Waals surface area contributed by atoms with Gasteiger partial charge in [0.25, 0.3) is 0 Å². The molecule has 0 radical (unpaired) electrons. The van der Waals surface area contributed by atoms with Crippen molar-refractivity contribution >= 4 is 18.1 Å². The first-order valence-electron chi connectivity index (χ1n) is 10.6.